The van der Waals surface area contributed by atoms with E-state index in [4.69, 9.17) is 14.6 Å². The normalized spacial score (nSPS) is 13.8. The number of hydrogen-bond donors (Lipinski definition) is 1. The van der Waals surface area contributed by atoms with Crippen LogP contribution in [0, 0.1) is 0 Å². The Morgan fingerprint density at radius 1 is 1.00 bits per heavy atom. The lowest BCUT2D eigenvalue weighted by Crippen LogP contribution is -2.39. The van der Waals surface area contributed by atoms with E-state index in [-0.39, 0.29) is 11.9 Å². The first-order chi connectivity index (χ1) is 8.41. The Labute approximate surface area is 118 Å². The van der Waals surface area contributed by atoms with Gasteiger partial charge in [0, 0.05) is 6.42 Å². The first-order valence-electron chi connectivity index (χ1n) is 6.61. The third-order valence-electron chi connectivity index (χ3n) is 2.03. The summed E-state index contributed by atoms with van der Waals surface area (Å²) >= 11 is 0. The summed E-state index contributed by atoms with van der Waals surface area (Å²) in [4.78, 5) is 23.1. The highest BCUT2D eigenvalue weighted by Gasteiger charge is 2.24. The van der Waals surface area contributed by atoms with Gasteiger partial charge < -0.3 is 14.6 Å². The second kappa shape index (κ2) is 7.21. The fourth-order valence-electron chi connectivity index (χ4n) is 1.35. The minimum atomic E-state index is -1.89. The van der Waals surface area contributed by atoms with Crippen molar-refractivity contribution in [3.05, 3.63) is 0 Å². The van der Waals surface area contributed by atoms with Crippen molar-refractivity contribution in [3.63, 3.8) is 0 Å². The minimum Gasteiger partial charge on any atom is -0.520 e. The summed E-state index contributed by atoms with van der Waals surface area (Å²) < 4.78 is 10.6. The zero-order valence-electron chi connectivity index (χ0n) is 12.9. The maximum atomic E-state index is 11.6. The van der Waals surface area contributed by atoms with Gasteiger partial charge in [-0.3, -0.25) is 9.59 Å². The van der Waals surface area contributed by atoms with Crippen molar-refractivity contribution < 1.29 is 18.4 Å². The van der Waals surface area contributed by atoms with Crippen molar-refractivity contribution in [3.8, 4) is 0 Å². The molecule has 5 nitrogen and oxygen atoms in total. The number of rotatable bonds is 7. The van der Waals surface area contributed by atoms with Crippen LogP contribution in [0.25, 0.3) is 0 Å². The summed E-state index contributed by atoms with van der Waals surface area (Å²) in [6, 6.07) is -0.647. The fraction of sp³-hybridized carbons (Fsp3) is 0.833. The zero-order chi connectivity index (χ0) is 15.3. The highest BCUT2D eigenvalue weighted by Crippen LogP contribution is 2.10. The van der Waals surface area contributed by atoms with Gasteiger partial charge in [-0.1, -0.05) is 0 Å². The fourth-order valence-corrected chi connectivity index (χ4v) is 2.89. The largest absolute Gasteiger partial charge is 0.520 e. The molecular formula is C12H27NO4Si2. The van der Waals surface area contributed by atoms with E-state index in [1.165, 1.54) is 0 Å². The SMILES string of the molecule is C[Si](C)(C)OC(=O)CCCC(N)C(=O)O[Si](C)(C)C. The van der Waals surface area contributed by atoms with E-state index in [0.29, 0.717) is 19.3 Å². The molecule has 0 aromatic rings. The van der Waals surface area contributed by atoms with E-state index >= 15 is 0 Å². The molecule has 0 aliphatic carbocycles. The van der Waals surface area contributed by atoms with Crippen molar-refractivity contribution in [2.75, 3.05) is 0 Å². The molecule has 0 aromatic carbocycles. The van der Waals surface area contributed by atoms with E-state index in [1.54, 1.807) is 0 Å². The van der Waals surface area contributed by atoms with Gasteiger partial charge in [-0.15, -0.1) is 0 Å². The van der Waals surface area contributed by atoms with Crippen molar-refractivity contribution in [1.82, 2.24) is 0 Å². The van der Waals surface area contributed by atoms with E-state index in [9.17, 15) is 9.59 Å². The molecule has 0 saturated heterocycles. The minimum absolute atomic E-state index is 0.204. The van der Waals surface area contributed by atoms with Gasteiger partial charge in [-0.2, -0.15) is 0 Å². The van der Waals surface area contributed by atoms with Gasteiger partial charge in [-0.05, 0) is 52.1 Å². The molecule has 7 heteroatoms. The lowest BCUT2D eigenvalue weighted by atomic mass is 10.1. The lowest BCUT2D eigenvalue weighted by Gasteiger charge is -2.21. The molecule has 0 heterocycles. The average Bonchev–Trinajstić information content (AvgIpc) is 2.11. The molecule has 0 aliphatic rings. The summed E-state index contributed by atoms with van der Waals surface area (Å²) in [6.45, 7) is 11.7. The average molecular weight is 306 g/mol. The summed E-state index contributed by atoms with van der Waals surface area (Å²) in [6.07, 6.45) is 1.30. The molecule has 0 spiro atoms. The van der Waals surface area contributed by atoms with Gasteiger partial charge in [0.25, 0.3) is 5.97 Å². The van der Waals surface area contributed by atoms with Crippen LogP contribution in [0.15, 0.2) is 0 Å². The molecule has 0 aliphatic heterocycles. The third-order valence-corrected chi connectivity index (χ3v) is 3.68. The Bertz CT molecular complexity index is 321. The molecule has 0 rings (SSSR count). The van der Waals surface area contributed by atoms with Crippen LogP contribution in [0.5, 0.6) is 0 Å². The summed E-state index contributed by atoms with van der Waals surface area (Å²) in [5.41, 5.74) is 5.74. The van der Waals surface area contributed by atoms with Crippen LogP contribution >= 0.6 is 0 Å². The van der Waals surface area contributed by atoms with Gasteiger partial charge in [0.2, 0.25) is 16.6 Å². The Balaban J connectivity index is 3.95. The summed E-state index contributed by atoms with van der Waals surface area (Å²) in [7, 11) is -3.71. The predicted octanol–water partition coefficient (Wildman–Crippen LogP) is 2.24. The molecule has 0 saturated carbocycles. The number of carbonyl (C=O) groups is 2. The van der Waals surface area contributed by atoms with Crippen molar-refractivity contribution in [1.29, 1.82) is 0 Å². The van der Waals surface area contributed by atoms with Crippen LogP contribution in [-0.2, 0) is 18.4 Å². The molecule has 0 fully saturated rings. The first kappa shape index (κ1) is 18.3. The Hall–Kier alpha value is -0.666. The van der Waals surface area contributed by atoms with Crippen LogP contribution in [-0.4, -0.2) is 34.6 Å². The second-order valence-electron chi connectivity index (χ2n) is 6.62. The Kier molecular flexibility index (Phi) is 6.95. The van der Waals surface area contributed by atoms with E-state index in [2.05, 4.69) is 0 Å². The highest BCUT2D eigenvalue weighted by molar-refractivity contribution is 6.71. The van der Waals surface area contributed by atoms with Crippen molar-refractivity contribution in [2.24, 2.45) is 5.73 Å². The third kappa shape index (κ3) is 10.9. The monoisotopic (exact) mass is 305 g/mol. The van der Waals surface area contributed by atoms with Crippen LogP contribution in [0.1, 0.15) is 19.3 Å². The van der Waals surface area contributed by atoms with Gasteiger partial charge in [0.1, 0.15) is 6.04 Å². The molecule has 2 N–H and O–H groups in total. The van der Waals surface area contributed by atoms with E-state index < -0.39 is 22.7 Å². The molecule has 1 unspecified atom stereocenters. The standard InChI is InChI=1S/C12H27NO4Si2/c1-18(2,3)16-11(14)9-7-8-10(13)12(15)17-19(4,5)6/h10H,7-9,13H2,1-6H3. The molecule has 0 aromatic heterocycles. The quantitative estimate of drug-likeness (QED) is 0.730. The van der Waals surface area contributed by atoms with Crippen LogP contribution in [0.2, 0.25) is 39.3 Å². The highest BCUT2D eigenvalue weighted by atomic mass is 28.4. The smallest absolute Gasteiger partial charge is 0.309 e. The first-order valence-corrected chi connectivity index (χ1v) is 13.4. The predicted molar refractivity (Wildman–Crippen MR) is 80.7 cm³/mol. The van der Waals surface area contributed by atoms with Gasteiger partial charge in [0.05, 0.1) is 0 Å². The van der Waals surface area contributed by atoms with Gasteiger partial charge in [-0.25, -0.2) is 0 Å². The van der Waals surface area contributed by atoms with Crippen LogP contribution in [0.4, 0.5) is 0 Å². The maximum absolute atomic E-state index is 11.6. The summed E-state index contributed by atoms with van der Waals surface area (Å²) in [5, 5.41) is 0. The zero-order valence-corrected chi connectivity index (χ0v) is 14.9. The molecule has 1 atom stereocenters. The van der Waals surface area contributed by atoms with E-state index in [0.717, 1.165) is 0 Å². The van der Waals surface area contributed by atoms with Gasteiger partial charge in [0.15, 0.2) is 0 Å². The lowest BCUT2D eigenvalue weighted by molar-refractivity contribution is -0.138. The second-order valence-corrected chi connectivity index (χ2v) is 15.5. The Morgan fingerprint density at radius 3 is 1.89 bits per heavy atom. The summed E-state index contributed by atoms with van der Waals surface area (Å²) in [5.74, 6) is -0.567. The molecular weight excluding hydrogens is 278 g/mol. The van der Waals surface area contributed by atoms with Crippen LogP contribution in [0.3, 0.4) is 0 Å². The number of hydrogen-bond acceptors (Lipinski definition) is 5. The number of carbonyl (C=O) groups excluding carboxylic acids is 2. The van der Waals surface area contributed by atoms with Crippen molar-refractivity contribution in [2.45, 2.75) is 64.6 Å². The topological polar surface area (TPSA) is 78.6 Å². The number of nitrogens with two attached hydrogens (primary N) is 1. The van der Waals surface area contributed by atoms with Crippen LogP contribution < -0.4 is 5.73 Å². The molecule has 19 heavy (non-hydrogen) atoms. The van der Waals surface area contributed by atoms with Gasteiger partial charge >= 0.3 is 5.97 Å². The van der Waals surface area contributed by atoms with Crippen molar-refractivity contribution >= 4 is 28.6 Å². The molecule has 0 bridgehead atoms. The van der Waals surface area contributed by atoms with E-state index in [1.807, 2.05) is 39.3 Å². The maximum Gasteiger partial charge on any atom is 0.309 e. The molecule has 112 valence electrons. The molecule has 0 radical (unpaired) electrons. The molecule has 0 amide bonds. The Morgan fingerprint density at radius 2 is 1.47 bits per heavy atom.